The van der Waals surface area contributed by atoms with Crippen LogP contribution in [0, 0.1) is 0 Å². The molecule has 0 fully saturated rings. The van der Waals surface area contributed by atoms with E-state index in [0.717, 1.165) is 12.8 Å². The van der Waals surface area contributed by atoms with E-state index in [1.807, 2.05) is 0 Å². The van der Waals surface area contributed by atoms with Gasteiger partial charge in [0.2, 0.25) is 0 Å². The molecule has 0 bridgehead atoms. The van der Waals surface area contributed by atoms with E-state index in [2.05, 4.69) is 74.5 Å². The highest BCUT2D eigenvalue weighted by Gasteiger charge is 2.15. The van der Waals surface area contributed by atoms with Crippen molar-refractivity contribution in [3.63, 3.8) is 0 Å². The molecule has 0 aliphatic rings. The molecule has 2 nitrogen and oxygen atoms in total. The van der Waals surface area contributed by atoms with Crippen LogP contribution in [0.1, 0.15) is 75.7 Å². The molecule has 136 valence electrons. The third kappa shape index (κ3) is 7.15. The van der Waals surface area contributed by atoms with Crippen LogP contribution >= 0.6 is 0 Å². The van der Waals surface area contributed by atoms with Crippen LogP contribution in [0.2, 0.25) is 0 Å². The summed E-state index contributed by atoms with van der Waals surface area (Å²) in [7, 11) is -1.03. The van der Waals surface area contributed by atoms with Gasteiger partial charge in [0.15, 0.2) is 0 Å². The van der Waals surface area contributed by atoms with Gasteiger partial charge in [-0.1, -0.05) is 100 Å². The Labute approximate surface area is 155 Å². The van der Waals surface area contributed by atoms with Crippen molar-refractivity contribution in [2.24, 2.45) is 0 Å². The van der Waals surface area contributed by atoms with Crippen molar-refractivity contribution in [2.45, 2.75) is 64.6 Å². The fourth-order valence-electron chi connectivity index (χ4n) is 3.01. The molecule has 0 aromatic heterocycles. The van der Waals surface area contributed by atoms with Crippen LogP contribution in [0.4, 0.5) is 0 Å². The zero-order valence-corrected chi connectivity index (χ0v) is 17.1. The summed E-state index contributed by atoms with van der Waals surface area (Å²) in [6, 6.07) is 21.2. The van der Waals surface area contributed by atoms with Crippen molar-refractivity contribution < 1.29 is 8.85 Å². The van der Waals surface area contributed by atoms with E-state index in [9.17, 15) is 0 Å². The van der Waals surface area contributed by atoms with Gasteiger partial charge in [-0.2, -0.15) is 0 Å². The maximum atomic E-state index is 6.28. The van der Waals surface area contributed by atoms with Crippen molar-refractivity contribution in [3.05, 3.63) is 71.8 Å². The predicted octanol–water partition coefficient (Wildman–Crippen LogP) is 5.88. The molecule has 2 atom stereocenters. The highest BCUT2D eigenvalue weighted by atomic mass is 28.3. The summed E-state index contributed by atoms with van der Waals surface area (Å²) in [4.78, 5) is 0. The minimum Gasteiger partial charge on any atom is -0.392 e. The Morgan fingerprint density at radius 2 is 1.08 bits per heavy atom. The lowest BCUT2D eigenvalue weighted by atomic mass is 10.0. The summed E-state index contributed by atoms with van der Waals surface area (Å²) in [6.07, 6.45) is 7.25. The normalized spacial score (nSPS) is 14.0. The summed E-state index contributed by atoms with van der Waals surface area (Å²) >= 11 is 0. The average molecular weight is 357 g/mol. The first kappa shape index (κ1) is 19.9. The van der Waals surface area contributed by atoms with Crippen molar-refractivity contribution in [3.8, 4) is 0 Å². The van der Waals surface area contributed by atoms with E-state index in [4.69, 9.17) is 8.85 Å². The Balaban J connectivity index is 1.93. The standard InChI is InChI=1S/C22H32O2Si/c1-3-5-17-21(19-13-9-7-10-14-19)23-25-24-22(18-6-4-2)20-15-11-8-12-16-20/h7-16,21-22H,3-6,17-18,25H2,1-2H3. The number of benzene rings is 2. The van der Waals surface area contributed by atoms with Gasteiger partial charge < -0.3 is 8.85 Å². The second-order valence-electron chi connectivity index (χ2n) is 6.53. The molecule has 2 unspecified atom stereocenters. The minimum absolute atomic E-state index is 0.176. The molecule has 0 saturated carbocycles. The first-order valence-corrected chi connectivity index (χ1v) is 10.8. The Bertz CT molecular complexity index is 507. The van der Waals surface area contributed by atoms with E-state index in [-0.39, 0.29) is 12.2 Å². The molecular weight excluding hydrogens is 324 g/mol. The van der Waals surface area contributed by atoms with Gasteiger partial charge in [-0.3, -0.25) is 0 Å². The summed E-state index contributed by atoms with van der Waals surface area (Å²) in [5.41, 5.74) is 2.55. The highest BCUT2D eigenvalue weighted by molar-refractivity contribution is 6.18. The number of hydrogen-bond acceptors (Lipinski definition) is 2. The second kappa shape index (κ2) is 12.0. The topological polar surface area (TPSA) is 18.5 Å². The molecule has 0 radical (unpaired) electrons. The Morgan fingerprint density at radius 1 is 0.680 bits per heavy atom. The number of rotatable bonds is 12. The molecule has 3 heteroatoms. The van der Waals surface area contributed by atoms with Gasteiger partial charge in [0.25, 0.3) is 0 Å². The molecule has 0 N–H and O–H groups in total. The fourth-order valence-corrected chi connectivity index (χ4v) is 4.14. The van der Waals surface area contributed by atoms with Gasteiger partial charge in [-0.25, -0.2) is 0 Å². The van der Waals surface area contributed by atoms with Crippen molar-refractivity contribution in [1.29, 1.82) is 0 Å². The van der Waals surface area contributed by atoms with E-state index >= 15 is 0 Å². The van der Waals surface area contributed by atoms with Crippen LogP contribution in [0.15, 0.2) is 60.7 Å². The first-order valence-electron chi connectivity index (χ1n) is 9.68. The quantitative estimate of drug-likeness (QED) is 0.442. The molecule has 2 aromatic rings. The van der Waals surface area contributed by atoms with Gasteiger partial charge in [0, 0.05) is 0 Å². The molecule has 0 amide bonds. The first-order chi connectivity index (χ1) is 12.3. The van der Waals surface area contributed by atoms with Crippen LogP contribution in [-0.4, -0.2) is 10.0 Å². The van der Waals surface area contributed by atoms with Crippen LogP contribution in [0.25, 0.3) is 0 Å². The zero-order valence-electron chi connectivity index (χ0n) is 15.7. The van der Waals surface area contributed by atoms with Gasteiger partial charge in [0.1, 0.15) is 0 Å². The molecule has 25 heavy (non-hydrogen) atoms. The fraction of sp³-hybridized carbons (Fsp3) is 0.455. The van der Waals surface area contributed by atoms with E-state index < -0.39 is 10.0 Å². The molecular formula is C22H32O2Si. The van der Waals surface area contributed by atoms with Crippen molar-refractivity contribution in [2.75, 3.05) is 0 Å². The number of unbranched alkanes of at least 4 members (excludes halogenated alkanes) is 2. The van der Waals surface area contributed by atoms with Crippen LogP contribution in [0.3, 0.4) is 0 Å². The van der Waals surface area contributed by atoms with Crippen LogP contribution in [0.5, 0.6) is 0 Å². The SMILES string of the molecule is CCCCC(O[SiH2]OC(CCCC)c1ccccc1)c1ccccc1. The summed E-state index contributed by atoms with van der Waals surface area (Å²) < 4.78 is 12.6. The van der Waals surface area contributed by atoms with Gasteiger partial charge >= 0.3 is 10.0 Å². The maximum Gasteiger partial charge on any atom is 0.305 e. The molecule has 0 aliphatic carbocycles. The Kier molecular flexibility index (Phi) is 9.56. The molecule has 0 spiro atoms. The Hall–Kier alpha value is -1.42. The second-order valence-corrected chi connectivity index (χ2v) is 7.44. The molecule has 2 rings (SSSR count). The summed E-state index contributed by atoms with van der Waals surface area (Å²) in [5, 5.41) is 0. The van der Waals surface area contributed by atoms with Crippen LogP contribution < -0.4 is 0 Å². The van der Waals surface area contributed by atoms with E-state index in [1.165, 1.54) is 36.8 Å². The third-order valence-electron chi connectivity index (χ3n) is 4.52. The van der Waals surface area contributed by atoms with E-state index in [1.54, 1.807) is 0 Å². The van der Waals surface area contributed by atoms with Crippen LogP contribution in [-0.2, 0) is 8.85 Å². The van der Waals surface area contributed by atoms with Gasteiger partial charge in [-0.05, 0) is 24.0 Å². The lowest BCUT2D eigenvalue weighted by Crippen LogP contribution is -2.15. The summed E-state index contributed by atoms with van der Waals surface area (Å²) in [6.45, 7) is 4.46. The highest BCUT2D eigenvalue weighted by Crippen LogP contribution is 2.26. The van der Waals surface area contributed by atoms with E-state index in [0.29, 0.717) is 0 Å². The maximum absolute atomic E-state index is 6.28. The average Bonchev–Trinajstić information content (AvgIpc) is 2.68. The lowest BCUT2D eigenvalue weighted by molar-refractivity contribution is 0.108. The third-order valence-corrected chi connectivity index (χ3v) is 5.60. The van der Waals surface area contributed by atoms with Crippen molar-refractivity contribution >= 4 is 10.0 Å². The predicted molar refractivity (Wildman–Crippen MR) is 108 cm³/mol. The van der Waals surface area contributed by atoms with Gasteiger partial charge in [-0.15, -0.1) is 0 Å². The lowest BCUT2D eigenvalue weighted by Gasteiger charge is -2.22. The minimum atomic E-state index is -1.03. The molecule has 0 saturated heterocycles. The van der Waals surface area contributed by atoms with Crippen molar-refractivity contribution in [1.82, 2.24) is 0 Å². The molecule has 0 aliphatic heterocycles. The Morgan fingerprint density at radius 3 is 1.44 bits per heavy atom. The smallest absolute Gasteiger partial charge is 0.305 e. The van der Waals surface area contributed by atoms with Gasteiger partial charge in [0.05, 0.1) is 12.2 Å². The largest absolute Gasteiger partial charge is 0.392 e. The number of hydrogen-bond donors (Lipinski definition) is 0. The monoisotopic (exact) mass is 356 g/mol. The molecule has 0 heterocycles. The molecule has 2 aromatic carbocycles. The summed E-state index contributed by atoms with van der Waals surface area (Å²) in [5.74, 6) is 0. The zero-order chi connectivity index (χ0) is 17.7.